The summed E-state index contributed by atoms with van der Waals surface area (Å²) in [7, 11) is -2.94. The average Bonchev–Trinajstić information content (AvgIpc) is 2.45. The standard InChI is InChI=1S/C15H23FN2O2S/c1-3-6-17-12(2)13-4-5-15(14(16)11-13)18-7-9-21(19,20)10-8-18/h4-5,11-12,17H,3,6-10H2,1-2H3. The van der Waals surface area contributed by atoms with Crippen LogP contribution in [0.25, 0.3) is 0 Å². The molecule has 1 aromatic rings. The van der Waals surface area contributed by atoms with Gasteiger partial charge in [0.15, 0.2) is 9.84 Å². The molecule has 1 aromatic carbocycles. The summed E-state index contributed by atoms with van der Waals surface area (Å²) in [5, 5.41) is 3.33. The van der Waals surface area contributed by atoms with Crippen molar-refractivity contribution in [3.05, 3.63) is 29.6 Å². The molecule has 0 aliphatic carbocycles. The quantitative estimate of drug-likeness (QED) is 0.904. The van der Waals surface area contributed by atoms with Gasteiger partial charge in [-0.05, 0) is 37.6 Å². The van der Waals surface area contributed by atoms with Crippen molar-refractivity contribution >= 4 is 15.5 Å². The molecule has 1 aliphatic heterocycles. The molecule has 21 heavy (non-hydrogen) atoms. The number of anilines is 1. The Balaban J connectivity index is 2.09. The Labute approximate surface area is 126 Å². The summed E-state index contributed by atoms with van der Waals surface area (Å²) in [6.45, 7) is 5.73. The van der Waals surface area contributed by atoms with Gasteiger partial charge in [0.1, 0.15) is 5.82 Å². The molecule has 0 radical (unpaired) electrons. The minimum atomic E-state index is -2.94. The van der Waals surface area contributed by atoms with Crippen LogP contribution in [0.4, 0.5) is 10.1 Å². The van der Waals surface area contributed by atoms with E-state index in [2.05, 4.69) is 12.2 Å². The van der Waals surface area contributed by atoms with Crippen molar-refractivity contribution < 1.29 is 12.8 Å². The van der Waals surface area contributed by atoms with Crippen LogP contribution in [0.3, 0.4) is 0 Å². The molecule has 0 bridgehead atoms. The van der Waals surface area contributed by atoms with Crippen molar-refractivity contribution in [1.82, 2.24) is 5.32 Å². The van der Waals surface area contributed by atoms with Crippen molar-refractivity contribution in [3.8, 4) is 0 Å². The number of halogens is 1. The summed E-state index contributed by atoms with van der Waals surface area (Å²) in [5.41, 5.74) is 1.41. The molecule has 1 atom stereocenters. The van der Waals surface area contributed by atoms with Gasteiger partial charge in [-0.3, -0.25) is 0 Å². The summed E-state index contributed by atoms with van der Waals surface area (Å²) in [4.78, 5) is 1.81. The Morgan fingerprint density at radius 2 is 2.00 bits per heavy atom. The van der Waals surface area contributed by atoms with E-state index in [1.54, 1.807) is 12.1 Å². The van der Waals surface area contributed by atoms with Gasteiger partial charge in [-0.15, -0.1) is 0 Å². The summed E-state index contributed by atoms with van der Waals surface area (Å²) in [5.74, 6) is -0.0809. The lowest BCUT2D eigenvalue weighted by Gasteiger charge is -2.29. The van der Waals surface area contributed by atoms with Crippen LogP contribution < -0.4 is 10.2 Å². The number of rotatable bonds is 5. The molecule has 2 rings (SSSR count). The molecular weight excluding hydrogens is 291 g/mol. The van der Waals surface area contributed by atoms with Crippen LogP contribution in [0.15, 0.2) is 18.2 Å². The zero-order valence-corrected chi connectivity index (χ0v) is 13.4. The summed E-state index contributed by atoms with van der Waals surface area (Å²) < 4.78 is 37.1. The molecule has 0 spiro atoms. The Hall–Kier alpha value is -1.14. The molecule has 118 valence electrons. The molecule has 1 N–H and O–H groups in total. The van der Waals surface area contributed by atoms with Crippen LogP contribution in [-0.2, 0) is 9.84 Å². The first kappa shape index (κ1) is 16.2. The monoisotopic (exact) mass is 314 g/mol. The van der Waals surface area contributed by atoms with Crippen LogP contribution in [0.5, 0.6) is 0 Å². The SMILES string of the molecule is CCCNC(C)c1ccc(N2CCS(=O)(=O)CC2)c(F)c1. The molecule has 6 heteroatoms. The second-order valence-corrected chi connectivity index (χ2v) is 7.83. The molecule has 0 amide bonds. The van der Waals surface area contributed by atoms with Gasteiger partial charge in [-0.1, -0.05) is 13.0 Å². The van der Waals surface area contributed by atoms with Gasteiger partial charge in [0, 0.05) is 19.1 Å². The molecule has 4 nitrogen and oxygen atoms in total. The minimum absolute atomic E-state index is 0.0999. The maximum absolute atomic E-state index is 14.3. The van der Waals surface area contributed by atoms with Gasteiger partial charge >= 0.3 is 0 Å². The number of nitrogens with one attached hydrogen (secondary N) is 1. The van der Waals surface area contributed by atoms with E-state index < -0.39 is 9.84 Å². The highest BCUT2D eigenvalue weighted by molar-refractivity contribution is 7.91. The lowest BCUT2D eigenvalue weighted by Crippen LogP contribution is -2.40. The molecule has 0 saturated carbocycles. The second kappa shape index (κ2) is 6.75. The number of hydrogen-bond acceptors (Lipinski definition) is 4. The van der Waals surface area contributed by atoms with Gasteiger partial charge in [0.2, 0.25) is 0 Å². The van der Waals surface area contributed by atoms with Crippen LogP contribution >= 0.6 is 0 Å². The topological polar surface area (TPSA) is 49.4 Å². The lowest BCUT2D eigenvalue weighted by atomic mass is 10.1. The summed E-state index contributed by atoms with van der Waals surface area (Å²) in [6.07, 6.45) is 1.03. The first-order valence-electron chi connectivity index (χ1n) is 7.41. The fraction of sp³-hybridized carbons (Fsp3) is 0.600. The van der Waals surface area contributed by atoms with Crippen LogP contribution in [0.2, 0.25) is 0 Å². The van der Waals surface area contributed by atoms with E-state index in [1.807, 2.05) is 17.9 Å². The summed E-state index contributed by atoms with van der Waals surface area (Å²) >= 11 is 0. The minimum Gasteiger partial charge on any atom is -0.367 e. The first-order valence-corrected chi connectivity index (χ1v) is 9.23. The third kappa shape index (κ3) is 4.17. The average molecular weight is 314 g/mol. The molecule has 0 aromatic heterocycles. The van der Waals surface area contributed by atoms with Crippen molar-refractivity contribution in [1.29, 1.82) is 0 Å². The predicted octanol–water partition coefficient (Wildman–Crippen LogP) is 2.12. The van der Waals surface area contributed by atoms with Crippen LogP contribution in [0, 0.1) is 5.82 Å². The van der Waals surface area contributed by atoms with Gasteiger partial charge < -0.3 is 10.2 Å². The Bertz CT molecular complexity index is 575. The zero-order valence-electron chi connectivity index (χ0n) is 12.6. The van der Waals surface area contributed by atoms with Crippen LogP contribution in [0.1, 0.15) is 31.9 Å². The fourth-order valence-corrected chi connectivity index (χ4v) is 3.68. The summed E-state index contributed by atoms with van der Waals surface area (Å²) in [6, 6.07) is 5.32. The van der Waals surface area contributed by atoms with E-state index in [0.717, 1.165) is 18.5 Å². The highest BCUT2D eigenvalue weighted by Crippen LogP contribution is 2.25. The Kier molecular flexibility index (Phi) is 5.22. The van der Waals surface area contributed by atoms with Gasteiger partial charge in [0.05, 0.1) is 17.2 Å². The van der Waals surface area contributed by atoms with Crippen LogP contribution in [-0.4, -0.2) is 39.6 Å². The number of nitrogens with zero attached hydrogens (tertiary/aromatic N) is 1. The van der Waals surface area contributed by atoms with E-state index in [0.29, 0.717) is 18.8 Å². The van der Waals surface area contributed by atoms with Crippen molar-refractivity contribution in [2.75, 3.05) is 36.0 Å². The third-order valence-electron chi connectivity index (χ3n) is 3.86. The largest absolute Gasteiger partial charge is 0.367 e. The molecule has 1 saturated heterocycles. The lowest BCUT2D eigenvalue weighted by molar-refractivity contribution is 0.560. The highest BCUT2D eigenvalue weighted by Gasteiger charge is 2.23. The smallest absolute Gasteiger partial charge is 0.153 e. The van der Waals surface area contributed by atoms with E-state index in [4.69, 9.17) is 0 Å². The first-order chi connectivity index (χ1) is 9.93. The molecular formula is C15H23FN2O2S. The molecule has 1 fully saturated rings. The third-order valence-corrected chi connectivity index (χ3v) is 5.47. The number of benzene rings is 1. The number of sulfone groups is 1. The molecule has 1 heterocycles. The Morgan fingerprint density at radius 3 is 2.57 bits per heavy atom. The highest BCUT2D eigenvalue weighted by atomic mass is 32.2. The second-order valence-electron chi connectivity index (χ2n) is 5.53. The Morgan fingerprint density at radius 1 is 1.33 bits per heavy atom. The van der Waals surface area contributed by atoms with Gasteiger partial charge in [-0.25, -0.2) is 12.8 Å². The predicted molar refractivity (Wildman–Crippen MR) is 84.0 cm³/mol. The molecule has 1 unspecified atom stereocenters. The van der Waals surface area contributed by atoms with E-state index >= 15 is 0 Å². The maximum atomic E-state index is 14.3. The van der Waals surface area contributed by atoms with E-state index in [9.17, 15) is 12.8 Å². The van der Waals surface area contributed by atoms with E-state index in [1.165, 1.54) is 0 Å². The van der Waals surface area contributed by atoms with E-state index in [-0.39, 0.29) is 23.4 Å². The zero-order chi connectivity index (χ0) is 15.5. The van der Waals surface area contributed by atoms with Crippen molar-refractivity contribution in [3.63, 3.8) is 0 Å². The fourth-order valence-electron chi connectivity index (χ4n) is 2.48. The van der Waals surface area contributed by atoms with Crippen molar-refractivity contribution in [2.45, 2.75) is 26.3 Å². The van der Waals surface area contributed by atoms with Crippen molar-refractivity contribution in [2.24, 2.45) is 0 Å². The van der Waals surface area contributed by atoms with Gasteiger partial charge in [0.25, 0.3) is 0 Å². The molecule has 1 aliphatic rings. The normalized spacial score (nSPS) is 19.5. The van der Waals surface area contributed by atoms with Gasteiger partial charge in [-0.2, -0.15) is 0 Å². The number of hydrogen-bond donors (Lipinski definition) is 1. The maximum Gasteiger partial charge on any atom is 0.153 e.